The van der Waals surface area contributed by atoms with Gasteiger partial charge in [0.25, 0.3) is 5.91 Å². The molecule has 3 rings (SSSR count). The minimum absolute atomic E-state index is 0.0643. The number of ether oxygens (including phenoxy) is 1. The number of alkyl halides is 2. The molecule has 0 saturated carbocycles. The van der Waals surface area contributed by atoms with E-state index in [0.29, 0.717) is 32.7 Å². The molecule has 31 heavy (non-hydrogen) atoms. The molecule has 0 aliphatic carbocycles. The Hall–Kier alpha value is -2.78. The lowest BCUT2D eigenvalue weighted by atomic mass is 10.1. The van der Waals surface area contributed by atoms with Crippen molar-refractivity contribution >= 4 is 29.1 Å². The molecule has 2 amide bonds. The fourth-order valence-corrected chi connectivity index (χ4v) is 3.41. The van der Waals surface area contributed by atoms with Crippen LogP contribution in [0.5, 0.6) is 5.75 Å². The Morgan fingerprint density at radius 2 is 1.81 bits per heavy atom. The first kappa shape index (κ1) is 22.9. The van der Waals surface area contributed by atoms with Gasteiger partial charge in [-0.3, -0.25) is 14.5 Å². The molecule has 1 N–H and O–H groups in total. The van der Waals surface area contributed by atoms with E-state index in [0.717, 1.165) is 6.07 Å². The highest BCUT2D eigenvalue weighted by molar-refractivity contribution is 6.30. The summed E-state index contributed by atoms with van der Waals surface area (Å²) < 4.78 is 43.3. The van der Waals surface area contributed by atoms with Crippen LogP contribution in [0.3, 0.4) is 0 Å². The van der Waals surface area contributed by atoms with Gasteiger partial charge in [-0.15, -0.1) is 0 Å². The normalized spacial score (nSPS) is 14.5. The fourth-order valence-electron chi connectivity index (χ4n) is 3.25. The number of benzene rings is 2. The maximum Gasteiger partial charge on any atom is 0.387 e. The van der Waals surface area contributed by atoms with Crippen LogP contribution in [-0.4, -0.2) is 60.9 Å². The van der Waals surface area contributed by atoms with Crippen LogP contribution in [-0.2, 0) is 4.79 Å². The molecular formula is C21H21ClF3N3O3. The van der Waals surface area contributed by atoms with Gasteiger partial charge in [0.2, 0.25) is 5.91 Å². The van der Waals surface area contributed by atoms with E-state index in [1.54, 1.807) is 11.0 Å². The third-order valence-corrected chi connectivity index (χ3v) is 5.09. The number of carbonyl (C=O) groups is 2. The Kier molecular flexibility index (Phi) is 7.75. The second-order valence-electron chi connectivity index (χ2n) is 6.93. The largest absolute Gasteiger partial charge is 0.434 e. The van der Waals surface area contributed by atoms with Crippen LogP contribution in [0.2, 0.25) is 5.02 Å². The lowest BCUT2D eigenvalue weighted by Gasteiger charge is -2.34. The van der Waals surface area contributed by atoms with Crippen LogP contribution in [0.4, 0.5) is 18.9 Å². The van der Waals surface area contributed by atoms with Gasteiger partial charge in [-0.05, 0) is 30.3 Å². The van der Waals surface area contributed by atoms with Crippen LogP contribution in [0, 0.1) is 5.82 Å². The average molecular weight is 456 g/mol. The van der Waals surface area contributed by atoms with Gasteiger partial charge in [-0.25, -0.2) is 4.39 Å². The van der Waals surface area contributed by atoms with Gasteiger partial charge in [-0.1, -0.05) is 23.7 Å². The first-order chi connectivity index (χ1) is 14.8. The Bertz CT molecular complexity index is 937. The summed E-state index contributed by atoms with van der Waals surface area (Å²) in [4.78, 5) is 28.4. The Morgan fingerprint density at radius 1 is 1.10 bits per heavy atom. The zero-order valence-corrected chi connectivity index (χ0v) is 17.2. The molecule has 0 radical (unpaired) electrons. The summed E-state index contributed by atoms with van der Waals surface area (Å²) in [6, 6.07) is 9.90. The van der Waals surface area contributed by atoms with Crippen molar-refractivity contribution < 1.29 is 27.5 Å². The summed E-state index contributed by atoms with van der Waals surface area (Å²) in [6.07, 6.45) is 0.154. The van der Waals surface area contributed by atoms with Crippen molar-refractivity contribution in [2.24, 2.45) is 0 Å². The summed E-state index contributed by atoms with van der Waals surface area (Å²) in [5.74, 6) is -1.48. The van der Waals surface area contributed by atoms with Crippen molar-refractivity contribution in [3.05, 3.63) is 58.9 Å². The Morgan fingerprint density at radius 3 is 2.48 bits per heavy atom. The standard InChI is InChI=1S/C21H21ClF3N3O3/c22-14-5-6-17(16(23)13-14)26-19(29)7-8-27-9-11-28(12-10-27)20(30)15-3-1-2-4-18(15)31-21(24)25/h1-6,13,21H,7-12H2,(H,26,29). The van der Waals surface area contributed by atoms with Crippen LogP contribution in [0.15, 0.2) is 42.5 Å². The highest BCUT2D eigenvalue weighted by atomic mass is 35.5. The van der Waals surface area contributed by atoms with Gasteiger partial charge in [0.15, 0.2) is 0 Å². The van der Waals surface area contributed by atoms with Gasteiger partial charge in [0.1, 0.15) is 11.6 Å². The van der Waals surface area contributed by atoms with E-state index in [1.807, 2.05) is 4.90 Å². The molecule has 1 heterocycles. The van der Waals surface area contributed by atoms with Crippen molar-refractivity contribution in [1.29, 1.82) is 0 Å². The number of hydrogen-bond donors (Lipinski definition) is 1. The lowest BCUT2D eigenvalue weighted by Crippen LogP contribution is -2.49. The van der Waals surface area contributed by atoms with Gasteiger partial charge in [-0.2, -0.15) is 8.78 Å². The van der Waals surface area contributed by atoms with E-state index >= 15 is 0 Å². The van der Waals surface area contributed by atoms with Crippen molar-refractivity contribution in [2.75, 3.05) is 38.0 Å². The molecule has 0 spiro atoms. The number of anilines is 1. The first-order valence-electron chi connectivity index (χ1n) is 9.64. The second kappa shape index (κ2) is 10.5. The molecule has 0 bridgehead atoms. The minimum Gasteiger partial charge on any atom is -0.434 e. The zero-order chi connectivity index (χ0) is 22.4. The van der Waals surface area contributed by atoms with Crippen molar-refractivity contribution in [2.45, 2.75) is 13.0 Å². The lowest BCUT2D eigenvalue weighted by molar-refractivity contribution is -0.116. The molecular weight excluding hydrogens is 435 g/mol. The Labute approximate surface area is 182 Å². The number of nitrogens with zero attached hydrogens (tertiary/aromatic N) is 2. The van der Waals surface area contributed by atoms with Crippen LogP contribution in [0.1, 0.15) is 16.8 Å². The van der Waals surface area contributed by atoms with Gasteiger partial charge < -0.3 is 15.0 Å². The van der Waals surface area contributed by atoms with E-state index in [9.17, 15) is 22.8 Å². The molecule has 2 aromatic carbocycles. The predicted octanol–water partition coefficient (Wildman–Crippen LogP) is 3.87. The highest BCUT2D eigenvalue weighted by Gasteiger charge is 2.25. The summed E-state index contributed by atoms with van der Waals surface area (Å²) in [5, 5.41) is 2.75. The molecule has 0 atom stereocenters. The second-order valence-corrected chi connectivity index (χ2v) is 7.37. The fraction of sp³-hybridized carbons (Fsp3) is 0.333. The smallest absolute Gasteiger partial charge is 0.387 e. The number of carbonyl (C=O) groups excluding carboxylic acids is 2. The monoisotopic (exact) mass is 455 g/mol. The number of amides is 2. The number of rotatable bonds is 7. The molecule has 0 aromatic heterocycles. The Balaban J connectivity index is 1.47. The molecule has 166 valence electrons. The average Bonchev–Trinajstić information content (AvgIpc) is 2.74. The molecule has 1 aliphatic rings. The molecule has 2 aromatic rings. The summed E-state index contributed by atoms with van der Waals surface area (Å²) >= 11 is 5.69. The third kappa shape index (κ3) is 6.35. The van der Waals surface area contributed by atoms with Gasteiger partial charge in [0, 0.05) is 44.2 Å². The van der Waals surface area contributed by atoms with Gasteiger partial charge in [0.05, 0.1) is 11.3 Å². The molecule has 1 aliphatic heterocycles. The maximum atomic E-state index is 13.8. The van der Waals surface area contributed by atoms with E-state index < -0.39 is 12.4 Å². The van der Waals surface area contributed by atoms with E-state index in [2.05, 4.69) is 10.1 Å². The van der Waals surface area contributed by atoms with Crippen molar-refractivity contribution in [1.82, 2.24) is 9.80 Å². The molecule has 6 nitrogen and oxygen atoms in total. The van der Waals surface area contributed by atoms with Crippen molar-refractivity contribution in [3.63, 3.8) is 0 Å². The number of hydrogen-bond acceptors (Lipinski definition) is 4. The summed E-state index contributed by atoms with van der Waals surface area (Å²) in [5.41, 5.74) is 0.148. The summed E-state index contributed by atoms with van der Waals surface area (Å²) in [6.45, 7) is -0.768. The number of nitrogens with one attached hydrogen (secondary N) is 1. The summed E-state index contributed by atoms with van der Waals surface area (Å²) in [7, 11) is 0. The SMILES string of the molecule is O=C(CCN1CCN(C(=O)c2ccccc2OC(F)F)CC1)Nc1ccc(Cl)cc1F. The van der Waals surface area contributed by atoms with E-state index in [1.165, 1.54) is 30.3 Å². The molecule has 10 heteroatoms. The van der Waals surface area contributed by atoms with Crippen LogP contribution < -0.4 is 10.1 Å². The quantitative estimate of drug-likeness (QED) is 0.688. The minimum atomic E-state index is -3.02. The number of piperazine rings is 1. The highest BCUT2D eigenvalue weighted by Crippen LogP contribution is 2.23. The third-order valence-electron chi connectivity index (χ3n) is 4.85. The topological polar surface area (TPSA) is 61.9 Å². The van der Waals surface area contributed by atoms with Crippen LogP contribution >= 0.6 is 11.6 Å². The molecule has 0 unspecified atom stereocenters. The molecule has 1 saturated heterocycles. The zero-order valence-electron chi connectivity index (χ0n) is 16.5. The van der Waals surface area contributed by atoms with E-state index in [4.69, 9.17) is 11.6 Å². The maximum absolute atomic E-state index is 13.8. The van der Waals surface area contributed by atoms with Crippen LogP contribution in [0.25, 0.3) is 0 Å². The van der Waals surface area contributed by atoms with Gasteiger partial charge >= 0.3 is 6.61 Å². The first-order valence-corrected chi connectivity index (χ1v) is 10.0. The number of halogens is 4. The predicted molar refractivity (Wildman–Crippen MR) is 110 cm³/mol. The van der Waals surface area contributed by atoms with Crippen molar-refractivity contribution in [3.8, 4) is 5.75 Å². The molecule has 1 fully saturated rings. The number of para-hydroxylation sites is 1. The van der Waals surface area contributed by atoms with E-state index in [-0.39, 0.29) is 40.3 Å².